The van der Waals surface area contributed by atoms with Gasteiger partial charge in [0.25, 0.3) is 0 Å². The van der Waals surface area contributed by atoms with Crippen molar-refractivity contribution in [3.63, 3.8) is 0 Å². The molecule has 1 aromatic heterocycles. The largest absolute Gasteiger partial charge is 0.496 e. The van der Waals surface area contributed by atoms with Gasteiger partial charge < -0.3 is 15.0 Å². The zero-order valence-electron chi connectivity index (χ0n) is 12.4. The standard InChI is InChI=1S/C15H21N3O2/c1-9(2)12(16)8-14-17-15(18-20-14)11-6-5-10(3)7-13(11)19-4/h5-7,9,12H,8,16H2,1-4H3. The summed E-state index contributed by atoms with van der Waals surface area (Å²) in [6, 6.07) is 5.90. The molecule has 0 saturated carbocycles. The second-order valence-corrected chi connectivity index (χ2v) is 5.33. The summed E-state index contributed by atoms with van der Waals surface area (Å²) in [5, 5.41) is 4.02. The van der Waals surface area contributed by atoms with Gasteiger partial charge >= 0.3 is 0 Å². The maximum absolute atomic E-state index is 6.02. The molecule has 0 bridgehead atoms. The number of nitrogens with two attached hydrogens (primary N) is 1. The lowest BCUT2D eigenvalue weighted by Gasteiger charge is -2.11. The minimum atomic E-state index is 0.0169. The number of benzene rings is 1. The number of ether oxygens (including phenoxy) is 1. The molecular weight excluding hydrogens is 254 g/mol. The van der Waals surface area contributed by atoms with E-state index in [4.69, 9.17) is 15.0 Å². The highest BCUT2D eigenvalue weighted by molar-refractivity contribution is 5.64. The van der Waals surface area contributed by atoms with Crippen LogP contribution in [0.15, 0.2) is 22.7 Å². The van der Waals surface area contributed by atoms with Crippen molar-refractivity contribution in [3.05, 3.63) is 29.7 Å². The molecule has 0 fully saturated rings. The van der Waals surface area contributed by atoms with Gasteiger partial charge in [-0.25, -0.2) is 0 Å². The van der Waals surface area contributed by atoms with Gasteiger partial charge in [0, 0.05) is 12.5 Å². The van der Waals surface area contributed by atoms with E-state index in [1.165, 1.54) is 0 Å². The van der Waals surface area contributed by atoms with E-state index in [1.807, 2.05) is 25.1 Å². The van der Waals surface area contributed by atoms with E-state index in [-0.39, 0.29) is 6.04 Å². The van der Waals surface area contributed by atoms with E-state index in [2.05, 4.69) is 24.0 Å². The molecule has 2 rings (SSSR count). The molecule has 1 aromatic carbocycles. The van der Waals surface area contributed by atoms with Crippen molar-refractivity contribution in [1.82, 2.24) is 10.1 Å². The second-order valence-electron chi connectivity index (χ2n) is 5.33. The lowest BCUT2D eigenvalue weighted by Crippen LogP contribution is -2.28. The third kappa shape index (κ3) is 3.17. The van der Waals surface area contributed by atoms with Gasteiger partial charge in [-0.2, -0.15) is 4.98 Å². The fraction of sp³-hybridized carbons (Fsp3) is 0.467. The molecule has 0 aliphatic heterocycles. The summed E-state index contributed by atoms with van der Waals surface area (Å²) < 4.78 is 10.6. The van der Waals surface area contributed by atoms with Gasteiger partial charge in [0.2, 0.25) is 11.7 Å². The number of hydrogen-bond donors (Lipinski definition) is 1. The van der Waals surface area contributed by atoms with E-state index < -0.39 is 0 Å². The van der Waals surface area contributed by atoms with E-state index in [1.54, 1.807) is 7.11 Å². The molecule has 0 aliphatic rings. The van der Waals surface area contributed by atoms with Crippen molar-refractivity contribution in [1.29, 1.82) is 0 Å². The van der Waals surface area contributed by atoms with Crippen LogP contribution in [0.3, 0.4) is 0 Å². The molecule has 0 amide bonds. The van der Waals surface area contributed by atoms with E-state index >= 15 is 0 Å². The van der Waals surface area contributed by atoms with Crippen LogP contribution in [0.1, 0.15) is 25.3 Å². The van der Waals surface area contributed by atoms with Crippen molar-refractivity contribution < 1.29 is 9.26 Å². The Labute approximate surface area is 119 Å². The molecule has 20 heavy (non-hydrogen) atoms. The minimum Gasteiger partial charge on any atom is -0.496 e. The first-order valence-electron chi connectivity index (χ1n) is 6.74. The smallest absolute Gasteiger partial charge is 0.228 e. The molecule has 0 saturated heterocycles. The summed E-state index contributed by atoms with van der Waals surface area (Å²) in [7, 11) is 1.63. The Morgan fingerprint density at radius 3 is 2.75 bits per heavy atom. The summed E-state index contributed by atoms with van der Waals surface area (Å²) in [6.45, 7) is 6.16. The van der Waals surface area contributed by atoms with Gasteiger partial charge in [-0.1, -0.05) is 25.1 Å². The molecule has 0 radical (unpaired) electrons. The minimum absolute atomic E-state index is 0.0169. The van der Waals surface area contributed by atoms with Crippen molar-refractivity contribution in [2.45, 2.75) is 33.2 Å². The van der Waals surface area contributed by atoms with Gasteiger partial charge in [0.1, 0.15) is 5.75 Å². The van der Waals surface area contributed by atoms with Crippen LogP contribution in [0, 0.1) is 12.8 Å². The molecule has 0 spiro atoms. The summed E-state index contributed by atoms with van der Waals surface area (Å²) in [6.07, 6.45) is 0.582. The average molecular weight is 275 g/mol. The van der Waals surface area contributed by atoms with Gasteiger partial charge in [0.15, 0.2) is 0 Å². The Kier molecular flexibility index (Phi) is 4.39. The van der Waals surface area contributed by atoms with Crippen LogP contribution in [0.5, 0.6) is 5.75 Å². The van der Waals surface area contributed by atoms with Crippen LogP contribution < -0.4 is 10.5 Å². The van der Waals surface area contributed by atoms with Gasteiger partial charge in [-0.05, 0) is 30.5 Å². The first kappa shape index (κ1) is 14.5. The van der Waals surface area contributed by atoms with Crippen LogP contribution >= 0.6 is 0 Å². The van der Waals surface area contributed by atoms with Crippen molar-refractivity contribution in [2.24, 2.45) is 11.7 Å². The fourth-order valence-corrected chi connectivity index (χ4v) is 1.87. The van der Waals surface area contributed by atoms with Crippen LogP contribution in [0.25, 0.3) is 11.4 Å². The van der Waals surface area contributed by atoms with Gasteiger partial charge in [-0.15, -0.1) is 0 Å². The predicted molar refractivity (Wildman–Crippen MR) is 77.5 cm³/mol. The van der Waals surface area contributed by atoms with Crippen LogP contribution in [0.4, 0.5) is 0 Å². The third-order valence-electron chi connectivity index (χ3n) is 3.33. The highest BCUT2D eigenvalue weighted by atomic mass is 16.5. The second kappa shape index (κ2) is 6.05. The Balaban J connectivity index is 2.24. The molecule has 108 valence electrons. The molecule has 5 nitrogen and oxygen atoms in total. The molecular formula is C15H21N3O2. The SMILES string of the molecule is COc1cc(C)ccc1-c1noc(CC(N)C(C)C)n1. The lowest BCUT2D eigenvalue weighted by molar-refractivity contribution is 0.353. The summed E-state index contributed by atoms with van der Waals surface area (Å²) in [4.78, 5) is 4.40. The predicted octanol–water partition coefficient (Wildman–Crippen LogP) is 2.58. The Morgan fingerprint density at radius 1 is 1.35 bits per heavy atom. The lowest BCUT2D eigenvalue weighted by atomic mass is 10.0. The first-order chi connectivity index (χ1) is 9.51. The van der Waals surface area contributed by atoms with Crippen LogP contribution in [-0.2, 0) is 6.42 Å². The van der Waals surface area contributed by atoms with Crippen molar-refractivity contribution >= 4 is 0 Å². The number of hydrogen-bond acceptors (Lipinski definition) is 5. The quantitative estimate of drug-likeness (QED) is 0.907. The maximum Gasteiger partial charge on any atom is 0.228 e. The van der Waals surface area contributed by atoms with Crippen molar-refractivity contribution in [2.75, 3.05) is 7.11 Å². The zero-order chi connectivity index (χ0) is 14.7. The normalized spacial score (nSPS) is 12.7. The molecule has 1 heterocycles. The summed E-state index contributed by atoms with van der Waals surface area (Å²) in [5.74, 6) is 2.21. The Morgan fingerprint density at radius 2 is 2.10 bits per heavy atom. The monoisotopic (exact) mass is 275 g/mol. The summed E-state index contributed by atoms with van der Waals surface area (Å²) in [5.41, 5.74) is 7.97. The highest BCUT2D eigenvalue weighted by Crippen LogP contribution is 2.28. The highest BCUT2D eigenvalue weighted by Gasteiger charge is 2.16. The molecule has 1 unspecified atom stereocenters. The van der Waals surface area contributed by atoms with Crippen molar-refractivity contribution in [3.8, 4) is 17.1 Å². The topological polar surface area (TPSA) is 74.2 Å². The fourth-order valence-electron chi connectivity index (χ4n) is 1.87. The Bertz CT molecular complexity index is 578. The van der Waals surface area contributed by atoms with Gasteiger partial charge in [-0.3, -0.25) is 0 Å². The van der Waals surface area contributed by atoms with E-state index in [0.29, 0.717) is 24.1 Å². The third-order valence-corrected chi connectivity index (χ3v) is 3.33. The zero-order valence-corrected chi connectivity index (χ0v) is 12.4. The number of aromatic nitrogens is 2. The van der Waals surface area contributed by atoms with Crippen LogP contribution in [0.2, 0.25) is 0 Å². The molecule has 1 atom stereocenters. The maximum atomic E-state index is 6.02. The number of rotatable bonds is 5. The summed E-state index contributed by atoms with van der Waals surface area (Å²) >= 11 is 0. The first-order valence-corrected chi connectivity index (χ1v) is 6.74. The van der Waals surface area contributed by atoms with E-state index in [0.717, 1.165) is 16.9 Å². The molecule has 2 N–H and O–H groups in total. The number of nitrogens with zero attached hydrogens (tertiary/aromatic N) is 2. The number of aryl methyl sites for hydroxylation is 1. The van der Waals surface area contributed by atoms with E-state index in [9.17, 15) is 0 Å². The molecule has 2 aromatic rings. The number of methoxy groups -OCH3 is 1. The van der Waals surface area contributed by atoms with Gasteiger partial charge in [0.05, 0.1) is 12.7 Å². The molecule has 5 heteroatoms. The Hall–Kier alpha value is -1.88. The van der Waals surface area contributed by atoms with Crippen LogP contribution in [-0.4, -0.2) is 23.3 Å². The average Bonchev–Trinajstić information content (AvgIpc) is 2.86. The molecule has 0 aliphatic carbocycles.